The Labute approximate surface area is 158 Å². The minimum absolute atomic E-state index is 0.344. The van der Waals surface area contributed by atoms with E-state index in [0.29, 0.717) is 6.16 Å². The maximum absolute atomic E-state index is 12.3. The Morgan fingerprint density at radius 3 is 1.36 bits per heavy atom. The summed E-state index contributed by atoms with van der Waals surface area (Å²) in [6.07, 6.45) is 21.5. The molecule has 0 saturated carbocycles. The van der Waals surface area contributed by atoms with Crippen molar-refractivity contribution in [2.24, 2.45) is 0 Å². The van der Waals surface area contributed by atoms with E-state index >= 15 is 0 Å². The molecule has 0 aromatic rings. The van der Waals surface area contributed by atoms with Crippen molar-refractivity contribution < 1.29 is 9.67 Å². The second-order valence-electron chi connectivity index (χ2n) is 7.91. The quantitative estimate of drug-likeness (QED) is 0.186. The van der Waals surface area contributed by atoms with Gasteiger partial charge < -0.3 is 9.67 Å². The highest BCUT2D eigenvalue weighted by molar-refractivity contribution is 7.63. The maximum atomic E-state index is 12.3. The minimum atomic E-state index is -2.08. The zero-order valence-corrected chi connectivity index (χ0v) is 18.5. The summed E-state index contributed by atoms with van der Waals surface area (Å²) in [5, 5.41) is 10.1. The van der Waals surface area contributed by atoms with Gasteiger partial charge in [0.1, 0.15) is 0 Å². The van der Waals surface area contributed by atoms with Gasteiger partial charge in [0, 0.05) is 6.16 Å². The van der Waals surface area contributed by atoms with E-state index in [4.69, 9.17) is 0 Å². The number of unbranched alkanes of at least 4 members (excludes halogenated alkanes) is 13. The van der Waals surface area contributed by atoms with Crippen LogP contribution in [0.2, 0.25) is 0 Å². The Balaban J connectivity index is 3.30. The van der Waals surface area contributed by atoms with Crippen LogP contribution in [0.4, 0.5) is 0 Å². The maximum Gasteiger partial charge on any atom is 0.0897 e. The highest BCUT2D eigenvalue weighted by atomic mass is 31.2. The average molecular weight is 375 g/mol. The van der Waals surface area contributed by atoms with Gasteiger partial charge in [0.25, 0.3) is 0 Å². The Morgan fingerprint density at radius 2 is 1.00 bits per heavy atom. The first-order valence-corrected chi connectivity index (χ1v) is 13.6. The molecule has 0 aromatic carbocycles. The summed E-state index contributed by atoms with van der Waals surface area (Å²) < 4.78 is 12.3. The lowest BCUT2D eigenvalue weighted by Crippen LogP contribution is -2.14. The van der Waals surface area contributed by atoms with E-state index in [1.54, 1.807) is 0 Å². The van der Waals surface area contributed by atoms with Crippen LogP contribution in [0.3, 0.4) is 0 Å². The molecule has 25 heavy (non-hydrogen) atoms. The molecule has 0 aliphatic heterocycles. The Hall–Kier alpha value is 0.190. The highest BCUT2D eigenvalue weighted by Gasteiger charge is 2.21. The molecule has 0 amide bonds. The van der Waals surface area contributed by atoms with Crippen LogP contribution in [0.5, 0.6) is 0 Å². The summed E-state index contributed by atoms with van der Waals surface area (Å²) in [7, 11) is -2.08. The molecule has 0 spiro atoms. The SMILES string of the molecule is CCCCCCCCCCCCCCCCC(O)CP(=O)(CC)CC. The molecule has 0 aliphatic carbocycles. The predicted octanol–water partition coefficient (Wildman–Crippen LogP) is 7.62. The molecule has 0 fully saturated rings. The zero-order valence-electron chi connectivity index (χ0n) is 17.6. The molecule has 0 rings (SSSR count). The summed E-state index contributed by atoms with van der Waals surface area (Å²) in [5.74, 6) is 0. The first kappa shape index (κ1) is 25.2. The average Bonchev–Trinajstić information content (AvgIpc) is 2.61. The second kappa shape index (κ2) is 17.6. The molecule has 2 nitrogen and oxygen atoms in total. The van der Waals surface area contributed by atoms with E-state index in [-0.39, 0.29) is 6.10 Å². The molecular weight excluding hydrogens is 327 g/mol. The molecule has 1 unspecified atom stereocenters. The van der Waals surface area contributed by atoms with Gasteiger partial charge in [0.15, 0.2) is 0 Å². The van der Waals surface area contributed by atoms with Gasteiger partial charge in [-0.2, -0.15) is 0 Å². The van der Waals surface area contributed by atoms with Crippen LogP contribution in [0, 0.1) is 0 Å². The van der Waals surface area contributed by atoms with Crippen LogP contribution < -0.4 is 0 Å². The molecule has 152 valence electrons. The fraction of sp³-hybridized carbons (Fsp3) is 1.00. The van der Waals surface area contributed by atoms with Crippen molar-refractivity contribution in [2.75, 3.05) is 18.5 Å². The number of hydrogen-bond donors (Lipinski definition) is 1. The van der Waals surface area contributed by atoms with Gasteiger partial charge in [-0.15, -0.1) is 0 Å². The van der Waals surface area contributed by atoms with Gasteiger partial charge >= 0.3 is 0 Å². The summed E-state index contributed by atoms with van der Waals surface area (Å²) in [5.41, 5.74) is 0. The van der Waals surface area contributed by atoms with Gasteiger partial charge in [0.05, 0.1) is 13.2 Å². The normalized spacial score (nSPS) is 13.3. The third-order valence-corrected chi connectivity index (χ3v) is 8.98. The molecule has 0 bridgehead atoms. The Morgan fingerprint density at radius 1 is 0.640 bits per heavy atom. The Kier molecular flexibility index (Phi) is 17.7. The molecule has 0 saturated heterocycles. The van der Waals surface area contributed by atoms with Crippen molar-refractivity contribution in [3.05, 3.63) is 0 Å². The van der Waals surface area contributed by atoms with Gasteiger partial charge in [-0.25, -0.2) is 0 Å². The second-order valence-corrected chi connectivity index (χ2v) is 11.7. The van der Waals surface area contributed by atoms with E-state index in [0.717, 1.165) is 25.2 Å². The lowest BCUT2D eigenvalue weighted by molar-refractivity contribution is 0.182. The van der Waals surface area contributed by atoms with Crippen molar-refractivity contribution in [2.45, 2.75) is 123 Å². The van der Waals surface area contributed by atoms with Crippen LogP contribution in [-0.2, 0) is 4.57 Å². The van der Waals surface area contributed by atoms with Crippen molar-refractivity contribution in [1.29, 1.82) is 0 Å². The monoisotopic (exact) mass is 374 g/mol. The predicted molar refractivity (Wildman–Crippen MR) is 114 cm³/mol. The first-order valence-electron chi connectivity index (χ1n) is 11.3. The molecular formula is C22H47O2P. The van der Waals surface area contributed by atoms with E-state index in [1.165, 1.54) is 83.5 Å². The lowest BCUT2D eigenvalue weighted by Gasteiger charge is -2.18. The number of rotatable bonds is 19. The van der Waals surface area contributed by atoms with Crippen molar-refractivity contribution in [3.8, 4) is 0 Å². The summed E-state index contributed by atoms with van der Waals surface area (Å²) in [6.45, 7) is 6.26. The minimum Gasteiger partial charge on any atom is -0.393 e. The lowest BCUT2D eigenvalue weighted by atomic mass is 10.0. The fourth-order valence-electron chi connectivity index (χ4n) is 3.53. The van der Waals surface area contributed by atoms with Crippen LogP contribution in [-0.4, -0.2) is 29.7 Å². The van der Waals surface area contributed by atoms with Crippen molar-refractivity contribution in [1.82, 2.24) is 0 Å². The molecule has 1 N–H and O–H groups in total. The fourth-order valence-corrected chi connectivity index (χ4v) is 5.45. The molecule has 3 heteroatoms. The topological polar surface area (TPSA) is 37.3 Å². The van der Waals surface area contributed by atoms with Gasteiger partial charge in [-0.3, -0.25) is 0 Å². The van der Waals surface area contributed by atoms with Crippen LogP contribution in [0.25, 0.3) is 0 Å². The number of aliphatic hydroxyl groups is 1. The van der Waals surface area contributed by atoms with Crippen LogP contribution >= 0.6 is 7.14 Å². The van der Waals surface area contributed by atoms with E-state index in [2.05, 4.69) is 6.92 Å². The van der Waals surface area contributed by atoms with E-state index in [9.17, 15) is 9.67 Å². The van der Waals surface area contributed by atoms with Crippen molar-refractivity contribution >= 4 is 7.14 Å². The third kappa shape index (κ3) is 16.1. The van der Waals surface area contributed by atoms with Gasteiger partial charge in [-0.1, -0.05) is 111 Å². The molecule has 0 heterocycles. The molecule has 0 aromatic heterocycles. The van der Waals surface area contributed by atoms with E-state index in [1.807, 2.05) is 13.8 Å². The third-order valence-electron chi connectivity index (χ3n) is 5.59. The van der Waals surface area contributed by atoms with Gasteiger partial charge in [-0.05, 0) is 18.7 Å². The molecule has 0 radical (unpaired) electrons. The standard InChI is InChI=1S/C22H47O2P/c1-4-7-8-9-10-11-12-13-14-15-16-17-18-19-20-22(23)21-25(24,5-2)6-3/h22-23H,4-21H2,1-3H3. The molecule has 0 aliphatic rings. The largest absolute Gasteiger partial charge is 0.393 e. The molecule has 1 atom stereocenters. The van der Waals surface area contributed by atoms with Crippen molar-refractivity contribution in [3.63, 3.8) is 0 Å². The van der Waals surface area contributed by atoms with Crippen LogP contribution in [0.1, 0.15) is 117 Å². The number of hydrogen-bond acceptors (Lipinski definition) is 2. The van der Waals surface area contributed by atoms with Gasteiger partial charge in [0.2, 0.25) is 0 Å². The van der Waals surface area contributed by atoms with E-state index < -0.39 is 7.14 Å². The van der Waals surface area contributed by atoms with Crippen LogP contribution in [0.15, 0.2) is 0 Å². The smallest absolute Gasteiger partial charge is 0.0897 e. The highest BCUT2D eigenvalue weighted by Crippen LogP contribution is 2.45. The summed E-state index contributed by atoms with van der Waals surface area (Å²) in [6, 6.07) is 0. The Bertz CT molecular complexity index is 309. The summed E-state index contributed by atoms with van der Waals surface area (Å²) >= 11 is 0. The first-order chi connectivity index (χ1) is 12.1. The summed E-state index contributed by atoms with van der Waals surface area (Å²) in [4.78, 5) is 0. The number of aliphatic hydroxyl groups excluding tert-OH is 1. The zero-order chi connectivity index (χ0) is 18.8.